The number of hydrogen-bond donors (Lipinski definition) is 4. The summed E-state index contributed by atoms with van der Waals surface area (Å²) in [4.78, 5) is 12.9. The van der Waals surface area contributed by atoms with Crippen LogP contribution in [0.2, 0.25) is 0 Å². The first-order chi connectivity index (χ1) is 18.7. The van der Waals surface area contributed by atoms with E-state index in [1.54, 1.807) is 19.1 Å². The summed E-state index contributed by atoms with van der Waals surface area (Å²) in [5.41, 5.74) is 0.629. The standard InChI is InChI=1S/C28H34O11/c1-14-19(30)4-6-26(36-14)35-13-18-8-16(29)9-27(38-18)37-17-10-21(32)28-22(33)12-24(39-25(28)11-17)15-3-5-23(34-2)20(31)7-15/h3,5,7,10-11,14,16,18-19,24,26-27,29-32H,4,6,8-9,12-13H2,1-2H3/t14-,16-,18-,19+,24?,26+,27+/m0/s1. The number of Topliss-reactive ketones (excluding diaryl/α,β-unsaturated/α-hetero) is 1. The predicted octanol–water partition coefficient (Wildman–Crippen LogP) is 2.96. The number of hydrogen-bond acceptors (Lipinski definition) is 11. The van der Waals surface area contributed by atoms with Crippen LogP contribution in [0.4, 0.5) is 0 Å². The van der Waals surface area contributed by atoms with Crippen molar-refractivity contribution in [1.29, 1.82) is 0 Å². The lowest BCUT2D eigenvalue weighted by Gasteiger charge is -2.35. The van der Waals surface area contributed by atoms with Crippen LogP contribution in [-0.2, 0) is 14.2 Å². The van der Waals surface area contributed by atoms with Gasteiger partial charge in [-0.3, -0.25) is 4.79 Å². The number of rotatable bonds is 7. The van der Waals surface area contributed by atoms with Crippen LogP contribution in [0.25, 0.3) is 0 Å². The number of ketones is 1. The van der Waals surface area contributed by atoms with Crippen LogP contribution in [0.15, 0.2) is 30.3 Å². The minimum Gasteiger partial charge on any atom is -0.507 e. The molecule has 0 saturated carbocycles. The molecule has 2 aromatic carbocycles. The molecular weight excluding hydrogens is 512 g/mol. The van der Waals surface area contributed by atoms with Gasteiger partial charge in [0.2, 0.25) is 6.29 Å². The summed E-state index contributed by atoms with van der Waals surface area (Å²) in [5, 5.41) is 41.0. The summed E-state index contributed by atoms with van der Waals surface area (Å²) >= 11 is 0. The van der Waals surface area contributed by atoms with Crippen molar-refractivity contribution in [1.82, 2.24) is 0 Å². The fraction of sp³-hybridized carbons (Fsp3) is 0.536. The zero-order valence-corrected chi connectivity index (χ0v) is 21.8. The number of methoxy groups -OCH3 is 1. The van der Waals surface area contributed by atoms with Gasteiger partial charge in [-0.2, -0.15) is 0 Å². The Hall–Kier alpha value is -3.09. The third-order valence-corrected chi connectivity index (χ3v) is 7.23. The van der Waals surface area contributed by atoms with Crippen LogP contribution < -0.4 is 14.2 Å². The van der Waals surface area contributed by atoms with Gasteiger partial charge in [0.05, 0.1) is 44.6 Å². The predicted molar refractivity (Wildman–Crippen MR) is 135 cm³/mol. The van der Waals surface area contributed by atoms with Gasteiger partial charge >= 0.3 is 0 Å². The van der Waals surface area contributed by atoms with E-state index in [0.29, 0.717) is 30.6 Å². The number of ether oxygens (including phenoxy) is 6. The van der Waals surface area contributed by atoms with Gasteiger partial charge in [0, 0.05) is 31.4 Å². The number of benzene rings is 2. The highest BCUT2D eigenvalue weighted by molar-refractivity contribution is 6.02. The first-order valence-electron chi connectivity index (χ1n) is 13.1. The number of aliphatic hydroxyl groups is 2. The molecule has 2 fully saturated rings. The van der Waals surface area contributed by atoms with Crippen molar-refractivity contribution < 1.29 is 53.6 Å². The van der Waals surface area contributed by atoms with E-state index in [1.165, 1.54) is 25.3 Å². The van der Waals surface area contributed by atoms with E-state index in [0.717, 1.165) is 0 Å². The Balaban J connectivity index is 1.25. The zero-order valence-electron chi connectivity index (χ0n) is 21.8. The molecule has 1 unspecified atom stereocenters. The van der Waals surface area contributed by atoms with Gasteiger partial charge in [-0.05, 0) is 31.0 Å². The molecule has 2 saturated heterocycles. The molecular formula is C28H34O11. The van der Waals surface area contributed by atoms with Crippen LogP contribution in [0, 0.1) is 0 Å². The van der Waals surface area contributed by atoms with E-state index in [9.17, 15) is 25.2 Å². The summed E-state index contributed by atoms with van der Waals surface area (Å²) in [5.74, 6) is -0.0319. The van der Waals surface area contributed by atoms with E-state index in [2.05, 4.69) is 0 Å². The topological polar surface area (TPSA) is 153 Å². The lowest BCUT2D eigenvalue weighted by Crippen LogP contribution is -2.43. The maximum absolute atomic E-state index is 12.9. The molecule has 4 N–H and O–H groups in total. The summed E-state index contributed by atoms with van der Waals surface area (Å²) in [6.07, 6.45) is -2.28. The monoisotopic (exact) mass is 546 g/mol. The Morgan fingerprint density at radius 1 is 1.00 bits per heavy atom. The largest absolute Gasteiger partial charge is 0.507 e. The smallest absolute Gasteiger partial charge is 0.202 e. The molecule has 212 valence electrons. The fourth-order valence-electron chi connectivity index (χ4n) is 5.14. The molecule has 11 heteroatoms. The van der Waals surface area contributed by atoms with Gasteiger partial charge in [-0.15, -0.1) is 0 Å². The summed E-state index contributed by atoms with van der Waals surface area (Å²) in [7, 11) is 1.44. The molecule has 3 aliphatic rings. The van der Waals surface area contributed by atoms with Crippen LogP contribution in [0.1, 0.15) is 61.1 Å². The Kier molecular flexibility index (Phi) is 8.15. The number of carbonyl (C=O) groups excluding carboxylic acids is 1. The minimum absolute atomic E-state index is 0.0193. The number of phenols is 2. The van der Waals surface area contributed by atoms with Crippen molar-refractivity contribution in [2.45, 2.75) is 82.1 Å². The minimum atomic E-state index is -0.832. The molecule has 2 aromatic rings. The third kappa shape index (κ3) is 6.23. The van der Waals surface area contributed by atoms with E-state index in [-0.39, 0.29) is 59.9 Å². The summed E-state index contributed by atoms with van der Waals surface area (Å²) in [6, 6.07) is 7.57. The average Bonchev–Trinajstić information content (AvgIpc) is 2.88. The lowest BCUT2D eigenvalue weighted by atomic mass is 9.95. The quantitative estimate of drug-likeness (QED) is 0.405. The number of carbonyl (C=O) groups is 1. The lowest BCUT2D eigenvalue weighted by molar-refractivity contribution is -0.245. The normalized spacial score (nSPS) is 30.8. The Morgan fingerprint density at radius 2 is 1.82 bits per heavy atom. The Labute approximate surface area is 225 Å². The zero-order chi connectivity index (χ0) is 27.7. The van der Waals surface area contributed by atoms with Gasteiger partial charge in [-0.25, -0.2) is 0 Å². The van der Waals surface area contributed by atoms with Crippen molar-refractivity contribution in [3.8, 4) is 28.7 Å². The molecule has 0 amide bonds. The second-order valence-corrected chi connectivity index (χ2v) is 10.2. The van der Waals surface area contributed by atoms with Crippen molar-refractivity contribution in [2.24, 2.45) is 0 Å². The second-order valence-electron chi connectivity index (χ2n) is 10.2. The second kappa shape index (κ2) is 11.6. The molecule has 3 heterocycles. The molecule has 0 spiro atoms. The fourth-order valence-corrected chi connectivity index (χ4v) is 5.14. The highest BCUT2D eigenvalue weighted by atomic mass is 16.7. The summed E-state index contributed by atoms with van der Waals surface area (Å²) in [6.45, 7) is 1.97. The average molecular weight is 547 g/mol. The first kappa shape index (κ1) is 27.5. The highest BCUT2D eigenvalue weighted by Gasteiger charge is 2.34. The number of fused-ring (bicyclic) bond motifs is 1. The van der Waals surface area contributed by atoms with Gasteiger partial charge < -0.3 is 48.8 Å². The van der Waals surface area contributed by atoms with E-state index in [1.807, 2.05) is 0 Å². The molecule has 11 nitrogen and oxygen atoms in total. The maximum atomic E-state index is 12.9. The molecule has 3 aliphatic heterocycles. The van der Waals surface area contributed by atoms with Gasteiger partial charge in [0.1, 0.15) is 28.9 Å². The molecule has 5 rings (SSSR count). The summed E-state index contributed by atoms with van der Waals surface area (Å²) < 4.78 is 34.5. The Bertz CT molecular complexity index is 1180. The van der Waals surface area contributed by atoms with Crippen molar-refractivity contribution >= 4 is 5.78 Å². The van der Waals surface area contributed by atoms with Crippen LogP contribution in [-0.4, -0.2) is 76.9 Å². The van der Waals surface area contributed by atoms with Crippen molar-refractivity contribution in [3.63, 3.8) is 0 Å². The van der Waals surface area contributed by atoms with Gasteiger partial charge in [-0.1, -0.05) is 6.07 Å². The SMILES string of the molecule is COc1ccc(C2CC(=O)c3c(O)cc(O[C@H]4C[C@@H](O)C[C@@H](CO[C@H]5CC[C@@H](O)[C@H](C)O5)O4)cc3O2)cc1O. The van der Waals surface area contributed by atoms with Crippen LogP contribution in [0.3, 0.4) is 0 Å². The van der Waals surface area contributed by atoms with Crippen LogP contribution >= 0.6 is 0 Å². The van der Waals surface area contributed by atoms with Gasteiger partial charge in [0.25, 0.3) is 0 Å². The molecule has 39 heavy (non-hydrogen) atoms. The van der Waals surface area contributed by atoms with E-state index >= 15 is 0 Å². The number of phenolic OH excluding ortho intramolecular Hbond substituents is 2. The highest BCUT2D eigenvalue weighted by Crippen LogP contribution is 2.43. The Morgan fingerprint density at radius 3 is 2.56 bits per heavy atom. The number of aromatic hydroxyl groups is 2. The molecule has 7 atom stereocenters. The molecule has 0 radical (unpaired) electrons. The molecule has 0 aliphatic carbocycles. The van der Waals surface area contributed by atoms with Crippen LogP contribution in [0.5, 0.6) is 28.7 Å². The first-order valence-corrected chi connectivity index (χ1v) is 13.1. The maximum Gasteiger partial charge on any atom is 0.202 e. The van der Waals surface area contributed by atoms with Gasteiger partial charge in [0.15, 0.2) is 23.6 Å². The van der Waals surface area contributed by atoms with E-state index < -0.39 is 37.0 Å². The molecule has 0 aromatic heterocycles. The number of aliphatic hydroxyl groups excluding tert-OH is 2. The van der Waals surface area contributed by atoms with E-state index in [4.69, 9.17) is 28.4 Å². The van der Waals surface area contributed by atoms with Crippen molar-refractivity contribution in [2.75, 3.05) is 13.7 Å². The third-order valence-electron chi connectivity index (χ3n) is 7.23. The molecule has 0 bridgehead atoms. The van der Waals surface area contributed by atoms with Crippen molar-refractivity contribution in [3.05, 3.63) is 41.5 Å².